The normalized spacial score (nSPS) is 21.9. The summed E-state index contributed by atoms with van der Waals surface area (Å²) in [6, 6.07) is 11.4. The summed E-state index contributed by atoms with van der Waals surface area (Å²) in [4.78, 5) is 69.5. The summed E-state index contributed by atoms with van der Waals surface area (Å²) >= 11 is 1.79. The number of hydrogen-bond donors (Lipinski definition) is 2. The quantitative estimate of drug-likeness (QED) is 0.181. The number of carbonyl (C=O) groups is 5. The molecule has 4 aliphatic rings. The number of ether oxygens (including phenoxy) is 3. The van der Waals surface area contributed by atoms with E-state index in [1.54, 1.807) is 23.9 Å². The minimum Gasteiger partial charge on any atom is -0.490 e. The zero-order chi connectivity index (χ0) is 38.8. The molecule has 7 rings (SSSR count). The van der Waals surface area contributed by atoms with E-state index in [0.717, 1.165) is 38.2 Å². The van der Waals surface area contributed by atoms with Crippen molar-refractivity contribution in [2.45, 2.75) is 64.3 Å². The number of carbonyl (C=O) groups excluding carboxylic acids is 5. The van der Waals surface area contributed by atoms with Crippen LogP contribution in [0.2, 0.25) is 0 Å². The Morgan fingerprint density at radius 1 is 0.945 bits per heavy atom. The summed E-state index contributed by atoms with van der Waals surface area (Å²) in [5.74, 6) is -0.648. The summed E-state index contributed by atoms with van der Waals surface area (Å²) in [6.45, 7) is 9.85. The average Bonchev–Trinajstić information content (AvgIpc) is 3.74. The molecule has 0 bridgehead atoms. The number of allylic oxidation sites excluding steroid dienone is 1. The van der Waals surface area contributed by atoms with E-state index in [-0.39, 0.29) is 81.0 Å². The first kappa shape index (κ1) is 38.1. The number of rotatable bonds is 14. The molecule has 2 N–H and O–H groups in total. The second-order valence-corrected chi connectivity index (χ2v) is 15.2. The van der Waals surface area contributed by atoms with E-state index in [9.17, 15) is 24.0 Å². The van der Waals surface area contributed by atoms with Gasteiger partial charge in [-0.3, -0.25) is 43.7 Å². The van der Waals surface area contributed by atoms with Gasteiger partial charge in [0.05, 0.1) is 54.7 Å². The number of piperidine rings is 1. The maximum Gasteiger partial charge on any atom is 0.266 e. The van der Waals surface area contributed by atoms with E-state index < -0.39 is 35.7 Å². The largest absolute Gasteiger partial charge is 0.490 e. The Bertz CT molecular complexity index is 2090. The van der Waals surface area contributed by atoms with E-state index in [4.69, 9.17) is 19.2 Å². The molecule has 0 radical (unpaired) electrons. The zero-order valence-electron chi connectivity index (χ0n) is 31.1. The van der Waals surface area contributed by atoms with Gasteiger partial charge >= 0.3 is 0 Å². The van der Waals surface area contributed by atoms with Gasteiger partial charge in [-0.25, -0.2) is 0 Å². The molecule has 5 heterocycles. The van der Waals surface area contributed by atoms with Crippen LogP contribution in [0.5, 0.6) is 5.75 Å². The lowest BCUT2D eigenvalue weighted by molar-refractivity contribution is -0.136. The van der Waals surface area contributed by atoms with Gasteiger partial charge in [0.2, 0.25) is 17.7 Å². The number of nitrogens with zero attached hydrogens (tertiary/aromatic N) is 5. The van der Waals surface area contributed by atoms with E-state index in [1.807, 2.05) is 6.92 Å². The van der Waals surface area contributed by atoms with Crippen molar-refractivity contribution in [2.75, 3.05) is 39.6 Å². The summed E-state index contributed by atoms with van der Waals surface area (Å²) in [7, 11) is 0. The lowest BCUT2D eigenvalue weighted by atomic mass is 9.90. The third kappa shape index (κ3) is 7.71. The molecule has 15 nitrogen and oxygen atoms in total. The van der Waals surface area contributed by atoms with Crippen molar-refractivity contribution in [2.24, 2.45) is 10.9 Å². The number of thioether (sulfide) groups is 1. The van der Waals surface area contributed by atoms with Crippen LogP contribution in [0.25, 0.3) is 5.03 Å². The minimum absolute atomic E-state index is 0.0398. The molecule has 3 aromatic rings. The standard InChI is InChI=1S/C39H43N7O8S/c1-21-8-10-25(11-9-21)34-32-22(2)23(3)55-39(32)45-24(4)43-44-35(45)27(41-34)20-31(48)40-14-15-52-16-17-53-18-19-54-29-7-5-6-26-33(29)38(51)46(37(26)50)28-12-13-30(47)42-36(28)49/h5-11,22-23,27-28H,12-20H2,1-4H3,(H,40,48)(H,42,47,49). The Morgan fingerprint density at radius 3 is 2.45 bits per heavy atom. The molecule has 0 spiro atoms. The van der Waals surface area contributed by atoms with Gasteiger partial charge in [-0.2, -0.15) is 0 Å². The smallest absolute Gasteiger partial charge is 0.266 e. The fourth-order valence-electron chi connectivity index (χ4n) is 7.12. The van der Waals surface area contributed by atoms with Gasteiger partial charge in [-0.15, -0.1) is 22.0 Å². The first-order valence-electron chi connectivity index (χ1n) is 18.4. The van der Waals surface area contributed by atoms with Crippen LogP contribution in [-0.2, 0) is 23.9 Å². The topological polar surface area (TPSA) is 183 Å². The number of amides is 5. The molecule has 4 aliphatic heterocycles. The molecular weight excluding hydrogens is 727 g/mol. The number of nitrogens with one attached hydrogen (secondary N) is 2. The van der Waals surface area contributed by atoms with Gasteiger partial charge in [0.1, 0.15) is 30.3 Å². The van der Waals surface area contributed by atoms with Crippen molar-refractivity contribution in [3.8, 4) is 5.75 Å². The van der Waals surface area contributed by atoms with Crippen molar-refractivity contribution in [3.63, 3.8) is 0 Å². The zero-order valence-corrected chi connectivity index (χ0v) is 31.9. The van der Waals surface area contributed by atoms with E-state index in [2.05, 4.69) is 70.4 Å². The molecule has 5 amide bonds. The molecule has 2 aromatic carbocycles. The minimum atomic E-state index is -1.06. The molecule has 55 heavy (non-hydrogen) atoms. The Morgan fingerprint density at radius 2 is 1.69 bits per heavy atom. The van der Waals surface area contributed by atoms with Gasteiger partial charge < -0.3 is 19.5 Å². The molecule has 16 heteroatoms. The van der Waals surface area contributed by atoms with Crippen molar-refractivity contribution < 1.29 is 38.2 Å². The number of aryl methyl sites for hydroxylation is 2. The Labute approximate surface area is 322 Å². The Kier molecular flexibility index (Phi) is 11.3. The van der Waals surface area contributed by atoms with Crippen molar-refractivity contribution in [1.82, 2.24) is 30.3 Å². The first-order chi connectivity index (χ1) is 26.5. The van der Waals surface area contributed by atoms with Crippen LogP contribution in [0.1, 0.15) is 82.6 Å². The molecule has 4 atom stereocenters. The molecule has 0 aliphatic carbocycles. The average molecular weight is 770 g/mol. The first-order valence-corrected chi connectivity index (χ1v) is 19.3. The third-order valence-corrected chi connectivity index (χ3v) is 11.5. The molecule has 0 saturated carbocycles. The van der Waals surface area contributed by atoms with Gasteiger partial charge in [0.15, 0.2) is 5.82 Å². The number of imide groups is 2. The van der Waals surface area contributed by atoms with E-state index in [0.29, 0.717) is 17.6 Å². The number of aromatic nitrogens is 3. The van der Waals surface area contributed by atoms with E-state index in [1.165, 1.54) is 6.07 Å². The number of aliphatic imine (C=N–C) groups is 1. The second kappa shape index (κ2) is 16.3. The van der Waals surface area contributed by atoms with Crippen LogP contribution < -0.4 is 15.4 Å². The highest BCUT2D eigenvalue weighted by Crippen LogP contribution is 2.49. The molecule has 4 unspecified atom stereocenters. The SMILES string of the molecule is Cc1ccc(C2=NC(CC(=O)NCCOCCOCCOc3cccc4c3C(=O)N(C3CCC(=O)NC3=O)C4=O)c3nnc(C)n3C3=C2C(C)C(C)S3)cc1. The maximum absolute atomic E-state index is 13.2. The second-order valence-electron chi connectivity index (χ2n) is 13.9. The van der Waals surface area contributed by atoms with Gasteiger partial charge in [0, 0.05) is 29.4 Å². The fraction of sp³-hybridized carbons (Fsp3) is 0.436. The summed E-state index contributed by atoms with van der Waals surface area (Å²) in [6.07, 6.45) is 0.214. The summed E-state index contributed by atoms with van der Waals surface area (Å²) < 4.78 is 19.1. The molecular formula is C39H43N7O8S. The van der Waals surface area contributed by atoms with E-state index >= 15 is 0 Å². The molecule has 1 saturated heterocycles. The lowest BCUT2D eigenvalue weighted by Gasteiger charge is -2.27. The predicted octanol–water partition coefficient (Wildman–Crippen LogP) is 3.40. The summed E-state index contributed by atoms with van der Waals surface area (Å²) in [5.41, 5.74) is 4.45. The molecule has 288 valence electrons. The lowest BCUT2D eigenvalue weighted by Crippen LogP contribution is -2.54. The van der Waals surface area contributed by atoms with Crippen molar-refractivity contribution in [1.29, 1.82) is 0 Å². The Balaban J connectivity index is 0.858. The van der Waals surface area contributed by atoms with Gasteiger partial charge in [-0.05, 0) is 38.3 Å². The maximum atomic E-state index is 13.2. The monoisotopic (exact) mass is 769 g/mol. The van der Waals surface area contributed by atoms with Crippen LogP contribution >= 0.6 is 11.8 Å². The third-order valence-electron chi connectivity index (χ3n) is 10.1. The highest BCUT2D eigenvalue weighted by molar-refractivity contribution is 8.08. The van der Waals surface area contributed by atoms with Gasteiger partial charge in [-0.1, -0.05) is 49.7 Å². The molecule has 1 aromatic heterocycles. The highest BCUT2D eigenvalue weighted by atomic mass is 32.2. The van der Waals surface area contributed by atoms with Crippen LogP contribution in [-0.4, -0.2) is 106 Å². The van der Waals surface area contributed by atoms with Crippen molar-refractivity contribution >= 4 is 52.0 Å². The van der Waals surface area contributed by atoms with Crippen LogP contribution in [0, 0.1) is 19.8 Å². The van der Waals surface area contributed by atoms with Crippen molar-refractivity contribution in [3.05, 3.63) is 81.9 Å². The molecule has 1 fully saturated rings. The Hall–Kier alpha value is -5.19. The number of fused-ring (bicyclic) bond motifs is 3. The van der Waals surface area contributed by atoms with Crippen LogP contribution in [0.4, 0.5) is 0 Å². The van der Waals surface area contributed by atoms with Gasteiger partial charge in [0.25, 0.3) is 11.8 Å². The number of benzene rings is 2. The highest BCUT2D eigenvalue weighted by Gasteiger charge is 2.46. The summed E-state index contributed by atoms with van der Waals surface area (Å²) in [5, 5.41) is 15.4. The number of hydrogen-bond acceptors (Lipinski definition) is 12. The van der Waals surface area contributed by atoms with Crippen LogP contribution in [0.15, 0.2) is 53.0 Å². The van der Waals surface area contributed by atoms with Crippen LogP contribution in [0.3, 0.4) is 0 Å². The fourth-order valence-corrected chi connectivity index (χ4v) is 8.55. The predicted molar refractivity (Wildman–Crippen MR) is 203 cm³/mol.